The summed E-state index contributed by atoms with van der Waals surface area (Å²) >= 11 is 0. The van der Waals surface area contributed by atoms with Crippen LogP contribution >= 0.6 is 0 Å². The lowest BCUT2D eigenvalue weighted by Gasteiger charge is -2.36. The van der Waals surface area contributed by atoms with Gasteiger partial charge in [0.05, 0.1) is 18.2 Å². The van der Waals surface area contributed by atoms with E-state index in [0.29, 0.717) is 0 Å². The monoisotopic (exact) mass is 277 g/mol. The Morgan fingerprint density at radius 1 is 1.20 bits per heavy atom. The van der Waals surface area contributed by atoms with Crippen LogP contribution in [0.2, 0.25) is 0 Å². The van der Waals surface area contributed by atoms with Gasteiger partial charge in [0.1, 0.15) is 5.75 Å². The highest BCUT2D eigenvalue weighted by Crippen LogP contribution is 2.42. The average Bonchev–Trinajstić information content (AvgIpc) is 2.97. The van der Waals surface area contributed by atoms with Crippen LogP contribution in [0.1, 0.15) is 50.6 Å². The molecule has 3 nitrogen and oxygen atoms in total. The van der Waals surface area contributed by atoms with Gasteiger partial charge in [0, 0.05) is 7.11 Å². The number of hydrogen-bond donors (Lipinski definition) is 1. The first-order valence-electron chi connectivity index (χ1n) is 7.71. The standard InChI is InChI=1S/C17H27NO2/c1-4-13-20-15-9-7-14(8-10-15)16(18-2)17(19-3)11-5-6-12-17/h7-10,16,18H,4-6,11-13H2,1-3H3. The van der Waals surface area contributed by atoms with Crippen LogP contribution in [0.15, 0.2) is 24.3 Å². The van der Waals surface area contributed by atoms with Gasteiger partial charge < -0.3 is 14.8 Å². The highest BCUT2D eigenvalue weighted by molar-refractivity contribution is 5.31. The maximum absolute atomic E-state index is 5.91. The molecule has 0 heterocycles. The van der Waals surface area contributed by atoms with E-state index in [2.05, 4.69) is 36.5 Å². The molecule has 3 heteroatoms. The summed E-state index contributed by atoms with van der Waals surface area (Å²) in [5.74, 6) is 0.948. The van der Waals surface area contributed by atoms with Crippen LogP contribution in [0.5, 0.6) is 5.75 Å². The molecule has 0 aliphatic heterocycles. The van der Waals surface area contributed by atoms with Crippen molar-refractivity contribution in [3.05, 3.63) is 29.8 Å². The van der Waals surface area contributed by atoms with E-state index in [1.54, 1.807) is 0 Å². The van der Waals surface area contributed by atoms with Gasteiger partial charge in [0.2, 0.25) is 0 Å². The highest BCUT2D eigenvalue weighted by Gasteiger charge is 2.41. The molecule has 1 saturated carbocycles. The third-order valence-corrected chi connectivity index (χ3v) is 4.36. The van der Waals surface area contributed by atoms with E-state index in [4.69, 9.17) is 9.47 Å². The van der Waals surface area contributed by atoms with Gasteiger partial charge in [-0.1, -0.05) is 31.9 Å². The largest absolute Gasteiger partial charge is 0.494 e. The van der Waals surface area contributed by atoms with Crippen LogP contribution < -0.4 is 10.1 Å². The second-order valence-corrected chi connectivity index (χ2v) is 5.62. The zero-order chi connectivity index (χ0) is 14.4. The SMILES string of the molecule is CCCOc1ccc(C(NC)C2(OC)CCCC2)cc1. The molecule has 1 aromatic carbocycles. The third-order valence-electron chi connectivity index (χ3n) is 4.36. The number of rotatable bonds is 7. The van der Waals surface area contributed by atoms with Gasteiger partial charge in [-0.2, -0.15) is 0 Å². The van der Waals surface area contributed by atoms with E-state index < -0.39 is 0 Å². The Morgan fingerprint density at radius 2 is 1.85 bits per heavy atom. The Hall–Kier alpha value is -1.06. The first-order chi connectivity index (χ1) is 9.75. The second kappa shape index (κ2) is 7.09. The van der Waals surface area contributed by atoms with Crippen LogP contribution in [0.4, 0.5) is 0 Å². The lowest BCUT2D eigenvalue weighted by Crippen LogP contribution is -2.42. The molecule has 1 atom stereocenters. The van der Waals surface area contributed by atoms with Crippen LogP contribution in [0, 0.1) is 0 Å². The molecule has 0 amide bonds. The molecular weight excluding hydrogens is 250 g/mol. The summed E-state index contributed by atoms with van der Waals surface area (Å²) in [4.78, 5) is 0. The number of likely N-dealkylation sites (N-methyl/N-ethyl adjacent to an activating group) is 1. The summed E-state index contributed by atoms with van der Waals surface area (Å²) in [5.41, 5.74) is 1.22. The van der Waals surface area contributed by atoms with Crippen molar-refractivity contribution in [1.82, 2.24) is 5.32 Å². The highest BCUT2D eigenvalue weighted by atomic mass is 16.5. The number of nitrogens with one attached hydrogen (secondary N) is 1. The van der Waals surface area contributed by atoms with E-state index in [9.17, 15) is 0 Å². The van der Waals surface area contributed by atoms with E-state index >= 15 is 0 Å². The zero-order valence-corrected chi connectivity index (χ0v) is 12.9. The summed E-state index contributed by atoms with van der Waals surface area (Å²) in [6, 6.07) is 8.69. The van der Waals surface area contributed by atoms with Crippen LogP contribution in [-0.2, 0) is 4.74 Å². The van der Waals surface area contributed by atoms with Crippen molar-refractivity contribution in [3.63, 3.8) is 0 Å². The van der Waals surface area contributed by atoms with Crippen LogP contribution in [0.25, 0.3) is 0 Å². The van der Waals surface area contributed by atoms with Crippen molar-refractivity contribution in [2.24, 2.45) is 0 Å². The fourth-order valence-electron chi connectivity index (χ4n) is 3.29. The minimum Gasteiger partial charge on any atom is -0.494 e. The topological polar surface area (TPSA) is 30.5 Å². The molecule has 20 heavy (non-hydrogen) atoms. The Labute approximate surface area is 122 Å². The molecule has 2 rings (SSSR count). The van der Waals surface area contributed by atoms with Crippen molar-refractivity contribution in [3.8, 4) is 5.75 Å². The fourth-order valence-corrected chi connectivity index (χ4v) is 3.29. The quantitative estimate of drug-likeness (QED) is 0.824. The van der Waals surface area contributed by atoms with Crippen molar-refractivity contribution in [2.75, 3.05) is 20.8 Å². The molecule has 1 aliphatic carbocycles. The fraction of sp³-hybridized carbons (Fsp3) is 0.647. The van der Waals surface area contributed by atoms with Crippen molar-refractivity contribution >= 4 is 0 Å². The minimum absolute atomic E-state index is 0.0550. The maximum atomic E-state index is 5.91. The first-order valence-corrected chi connectivity index (χ1v) is 7.71. The van der Waals surface area contributed by atoms with Gasteiger partial charge in [0.25, 0.3) is 0 Å². The molecule has 0 spiro atoms. The summed E-state index contributed by atoms with van der Waals surface area (Å²) in [6.45, 7) is 2.89. The van der Waals surface area contributed by atoms with E-state index in [1.807, 2.05) is 14.2 Å². The maximum Gasteiger partial charge on any atom is 0.119 e. The van der Waals surface area contributed by atoms with Crippen molar-refractivity contribution in [1.29, 1.82) is 0 Å². The molecule has 0 aromatic heterocycles. The summed E-state index contributed by atoms with van der Waals surface area (Å²) < 4.78 is 11.6. The summed E-state index contributed by atoms with van der Waals surface area (Å²) in [7, 11) is 3.86. The number of benzene rings is 1. The minimum atomic E-state index is -0.0550. The molecule has 1 fully saturated rings. The molecule has 1 aliphatic rings. The number of hydrogen-bond acceptors (Lipinski definition) is 3. The van der Waals surface area contributed by atoms with Gasteiger partial charge in [-0.25, -0.2) is 0 Å². The molecule has 1 unspecified atom stereocenters. The lowest BCUT2D eigenvalue weighted by molar-refractivity contribution is -0.0349. The average molecular weight is 277 g/mol. The van der Waals surface area contributed by atoms with Gasteiger partial charge in [-0.3, -0.25) is 0 Å². The van der Waals surface area contributed by atoms with Gasteiger partial charge in [0.15, 0.2) is 0 Å². The van der Waals surface area contributed by atoms with Gasteiger partial charge in [-0.05, 0) is 44.0 Å². The summed E-state index contributed by atoms with van der Waals surface area (Å²) in [5, 5.41) is 3.45. The van der Waals surface area contributed by atoms with Crippen LogP contribution in [0.3, 0.4) is 0 Å². The molecule has 0 bridgehead atoms. The third kappa shape index (κ3) is 3.15. The van der Waals surface area contributed by atoms with E-state index in [-0.39, 0.29) is 11.6 Å². The van der Waals surface area contributed by atoms with E-state index in [1.165, 1.54) is 18.4 Å². The Kier molecular flexibility index (Phi) is 5.44. The smallest absolute Gasteiger partial charge is 0.119 e. The molecular formula is C17H27NO2. The molecule has 1 N–H and O–H groups in total. The van der Waals surface area contributed by atoms with Crippen LogP contribution in [-0.4, -0.2) is 26.4 Å². The predicted octanol–water partition coefficient (Wildman–Crippen LogP) is 3.70. The van der Waals surface area contributed by atoms with E-state index in [0.717, 1.165) is 31.6 Å². The molecule has 0 saturated heterocycles. The van der Waals surface area contributed by atoms with Gasteiger partial charge >= 0.3 is 0 Å². The molecule has 1 aromatic rings. The number of methoxy groups -OCH3 is 1. The Balaban J connectivity index is 2.14. The zero-order valence-electron chi connectivity index (χ0n) is 12.9. The Bertz CT molecular complexity index is 396. The van der Waals surface area contributed by atoms with Gasteiger partial charge in [-0.15, -0.1) is 0 Å². The predicted molar refractivity (Wildman–Crippen MR) is 82.2 cm³/mol. The van der Waals surface area contributed by atoms with Crippen molar-refractivity contribution in [2.45, 2.75) is 50.7 Å². The Morgan fingerprint density at radius 3 is 2.35 bits per heavy atom. The lowest BCUT2D eigenvalue weighted by atomic mass is 9.87. The normalized spacial score (nSPS) is 18.9. The second-order valence-electron chi connectivity index (χ2n) is 5.62. The first kappa shape index (κ1) is 15.3. The number of ether oxygens (including phenoxy) is 2. The summed E-state index contributed by atoms with van der Waals surface area (Å²) in [6.07, 6.45) is 5.80. The molecule has 0 radical (unpaired) electrons. The molecule has 112 valence electrons. The van der Waals surface area contributed by atoms with Crippen molar-refractivity contribution < 1.29 is 9.47 Å².